The summed E-state index contributed by atoms with van der Waals surface area (Å²) < 4.78 is 5.29. The molecule has 2 aromatic heterocycles. The van der Waals surface area contributed by atoms with Crippen LogP contribution < -0.4 is 0 Å². The molecule has 3 rings (SSSR count). The van der Waals surface area contributed by atoms with Crippen LogP contribution in [0.2, 0.25) is 0 Å². The fourth-order valence-electron chi connectivity index (χ4n) is 2.33. The van der Waals surface area contributed by atoms with Crippen molar-refractivity contribution in [1.82, 2.24) is 19.9 Å². The first-order valence-corrected chi connectivity index (χ1v) is 7.65. The molecule has 0 aromatic carbocycles. The van der Waals surface area contributed by atoms with Gasteiger partial charge >= 0.3 is 0 Å². The van der Waals surface area contributed by atoms with E-state index < -0.39 is 0 Å². The van der Waals surface area contributed by atoms with Crippen LogP contribution in [0.1, 0.15) is 5.82 Å². The lowest BCUT2D eigenvalue weighted by Crippen LogP contribution is -2.46. The van der Waals surface area contributed by atoms with Gasteiger partial charge in [0, 0.05) is 32.7 Å². The fraction of sp³-hybridized carbons (Fsp3) is 0.538. The average Bonchev–Trinajstić information content (AvgIpc) is 3.12. The van der Waals surface area contributed by atoms with Crippen LogP contribution in [0.15, 0.2) is 22.0 Å². The molecule has 7 heteroatoms. The summed E-state index contributed by atoms with van der Waals surface area (Å²) in [6, 6.07) is 3.96. The molecule has 0 radical (unpaired) electrons. The molecule has 0 saturated carbocycles. The van der Waals surface area contributed by atoms with E-state index in [1.54, 1.807) is 11.3 Å². The summed E-state index contributed by atoms with van der Waals surface area (Å²) >= 11 is 1.60. The lowest BCUT2D eigenvalue weighted by atomic mass is 10.3. The van der Waals surface area contributed by atoms with E-state index in [9.17, 15) is 0 Å². The third kappa shape index (κ3) is 3.24. The first kappa shape index (κ1) is 13.7. The lowest BCUT2D eigenvalue weighted by Gasteiger charge is -2.33. The molecule has 1 aliphatic heterocycles. The molecule has 1 N–H and O–H groups in total. The number of rotatable bonds is 5. The third-order valence-corrected chi connectivity index (χ3v) is 4.30. The van der Waals surface area contributed by atoms with Gasteiger partial charge in [-0.05, 0) is 11.4 Å². The zero-order chi connectivity index (χ0) is 13.8. The zero-order valence-electron chi connectivity index (χ0n) is 11.2. The second-order valence-electron chi connectivity index (χ2n) is 4.83. The Morgan fingerprint density at radius 2 is 2.05 bits per heavy atom. The number of thiophene rings is 1. The summed E-state index contributed by atoms with van der Waals surface area (Å²) in [4.78, 5) is 10.0. The smallest absolute Gasteiger partial charge is 0.268 e. The number of hydrogen-bond donors (Lipinski definition) is 1. The van der Waals surface area contributed by atoms with E-state index in [4.69, 9.17) is 9.63 Å². The van der Waals surface area contributed by atoms with E-state index in [2.05, 4.69) is 19.9 Å². The number of aromatic nitrogens is 2. The molecular formula is C13H18N4O2S. The minimum Gasteiger partial charge on any atom is -0.395 e. The van der Waals surface area contributed by atoms with Crippen molar-refractivity contribution in [2.24, 2.45) is 0 Å². The van der Waals surface area contributed by atoms with Crippen molar-refractivity contribution in [1.29, 1.82) is 0 Å². The number of aliphatic hydroxyl groups excluding tert-OH is 1. The van der Waals surface area contributed by atoms with Crippen LogP contribution in [0, 0.1) is 0 Å². The number of hydrogen-bond acceptors (Lipinski definition) is 7. The predicted molar refractivity (Wildman–Crippen MR) is 76.4 cm³/mol. The second kappa shape index (κ2) is 6.45. The molecule has 0 atom stereocenters. The Balaban J connectivity index is 1.54. The predicted octanol–water partition coefficient (Wildman–Crippen LogP) is 0.908. The Morgan fingerprint density at radius 1 is 1.25 bits per heavy atom. The van der Waals surface area contributed by atoms with Crippen molar-refractivity contribution in [3.8, 4) is 10.8 Å². The molecule has 0 bridgehead atoms. The Bertz CT molecular complexity index is 520. The van der Waals surface area contributed by atoms with Gasteiger partial charge in [-0.15, -0.1) is 11.3 Å². The molecule has 2 aromatic rings. The molecule has 20 heavy (non-hydrogen) atoms. The highest BCUT2D eigenvalue weighted by molar-refractivity contribution is 7.13. The van der Waals surface area contributed by atoms with Crippen LogP contribution in [0.4, 0.5) is 0 Å². The molecule has 108 valence electrons. The van der Waals surface area contributed by atoms with Crippen LogP contribution in [-0.4, -0.2) is 64.4 Å². The molecule has 0 spiro atoms. The van der Waals surface area contributed by atoms with Crippen molar-refractivity contribution < 1.29 is 9.63 Å². The largest absolute Gasteiger partial charge is 0.395 e. The molecule has 0 aliphatic carbocycles. The molecule has 1 fully saturated rings. The van der Waals surface area contributed by atoms with Crippen molar-refractivity contribution in [3.05, 3.63) is 23.3 Å². The molecule has 1 aliphatic rings. The van der Waals surface area contributed by atoms with E-state index in [0.717, 1.165) is 50.0 Å². The van der Waals surface area contributed by atoms with Crippen LogP contribution in [0.25, 0.3) is 10.8 Å². The summed E-state index contributed by atoms with van der Waals surface area (Å²) in [6.07, 6.45) is 0. The van der Waals surface area contributed by atoms with Gasteiger partial charge in [0.05, 0.1) is 18.0 Å². The summed E-state index contributed by atoms with van der Waals surface area (Å²) in [5, 5.41) is 15.0. The highest BCUT2D eigenvalue weighted by atomic mass is 32.1. The van der Waals surface area contributed by atoms with Gasteiger partial charge in [-0.2, -0.15) is 4.98 Å². The van der Waals surface area contributed by atoms with Gasteiger partial charge in [0.2, 0.25) is 0 Å². The van der Waals surface area contributed by atoms with Gasteiger partial charge in [-0.1, -0.05) is 11.2 Å². The SMILES string of the molecule is OCCN1CCN(Cc2noc(-c3cccs3)n2)CC1. The van der Waals surface area contributed by atoms with Gasteiger partial charge in [0.25, 0.3) is 5.89 Å². The zero-order valence-corrected chi connectivity index (χ0v) is 12.1. The maximum Gasteiger partial charge on any atom is 0.268 e. The molecule has 3 heterocycles. The van der Waals surface area contributed by atoms with Crippen molar-refractivity contribution in [3.63, 3.8) is 0 Å². The van der Waals surface area contributed by atoms with E-state index in [-0.39, 0.29) is 6.61 Å². The summed E-state index contributed by atoms with van der Waals surface area (Å²) in [6.45, 7) is 5.63. The van der Waals surface area contributed by atoms with Crippen LogP contribution >= 0.6 is 11.3 Å². The van der Waals surface area contributed by atoms with E-state index in [1.807, 2.05) is 17.5 Å². The topological polar surface area (TPSA) is 65.6 Å². The standard InChI is InChI=1S/C13H18N4O2S/c18-8-7-16-3-5-17(6-4-16)10-12-14-13(19-15-12)11-2-1-9-20-11/h1-2,9,18H,3-8,10H2. The lowest BCUT2D eigenvalue weighted by molar-refractivity contribution is 0.106. The van der Waals surface area contributed by atoms with Crippen LogP contribution in [-0.2, 0) is 6.54 Å². The Labute approximate surface area is 121 Å². The van der Waals surface area contributed by atoms with Crippen molar-refractivity contribution in [2.75, 3.05) is 39.3 Å². The molecule has 6 nitrogen and oxygen atoms in total. The molecular weight excluding hydrogens is 276 g/mol. The Kier molecular flexibility index (Phi) is 4.41. The van der Waals surface area contributed by atoms with Gasteiger partial charge in [0.15, 0.2) is 5.82 Å². The summed E-state index contributed by atoms with van der Waals surface area (Å²) in [5.41, 5.74) is 0. The maximum absolute atomic E-state index is 8.93. The van der Waals surface area contributed by atoms with E-state index in [1.165, 1.54) is 0 Å². The molecule has 0 amide bonds. The Hall–Kier alpha value is -1.28. The fourth-order valence-corrected chi connectivity index (χ4v) is 2.98. The van der Waals surface area contributed by atoms with E-state index >= 15 is 0 Å². The first-order chi connectivity index (χ1) is 9.85. The maximum atomic E-state index is 8.93. The second-order valence-corrected chi connectivity index (χ2v) is 5.78. The van der Waals surface area contributed by atoms with Gasteiger partial charge in [0.1, 0.15) is 0 Å². The number of nitrogens with zero attached hydrogens (tertiary/aromatic N) is 4. The number of aliphatic hydroxyl groups is 1. The average molecular weight is 294 g/mol. The highest BCUT2D eigenvalue weighted by Crippen LogP contribution is 2.22. The quantitative estimate of drug-likeness (QED) is 0.884. The summed E-state index contributed by atoms with van der Waals surface area (Å²) in [7, 11) is 0. The number of β-amino-alcohol motifs (C(OH)–C–C–N with tert-alkyl or cyclic N) is 1. The van der Waals surface area contributed by atoms with Gasteiger partial charge < -0.3 is 9.63 Å². The minimum absolute atomic E-state index is 0.231. The normalized spacial score (nSPS) is 17.6. The van der Waals surface area contributed by atoms with Gasteiger partial charge in [-0.3, -0.25) is 9.80 Å². The Morgan fingerprint density at radius 3 is 2.75 bits per heavy atom. The monoisotopic (exact) mass is 294 g/mol. The number of piperazine rings is 1. The van der Waals surface area contributed by atoms with Crippen molar-refractivity contribution >= 4 is 11.3 Å². The van der Waals surface area contributed by atoms with Crippen LogP contribution in [0.5, 0.6) is 0 Å². The van der Waals surface area contributed by atoms with E-state index in [0.29, 0.717) is 5.89 Å². The molecule has 0 unspecified atom stereocenters. The minimum atomic E-state index is 0.231. The van der Waals surface area contributed by atoms with Crippen molar-refractivity contribution in [2.45, 2.75) is 6.54 Å². The van der Waals surface area contributed by atoms with Gasteiger partial charge in [-0.25, -0.2) is 0 Å². The molecule has 1 saturated heterocycles. The third-order valence-electron chi connectivity index (χ3n) is 3.45. The highest BCUT2D eigenvalue weighted by Gasteiger charge is 2.18. The van der Waals surface area contributed by atoms with Crippen LogP contribution in [0.3, 0.4) is 0 Å². The summed E-state index contributed by atoms with van der Waals surface area (Å²) in [5.74, 6) is 1.35. The first-order valence-electron chi connectivity index (χ1n) is 6.77.